The lowest BCUT2D eigenvalue weighted by molar-refractivity contribution is -0.119. The van der Waals surface area contributed by atoms with Crippen LogP contribution in [0.25, 0.3) is 10.6 Å². The first-order chi connectivity index (χ1) is 13.1. The molecule has 1 aromatic carbocycles. The highest BCUT2D eigenvalue weighted by Gasteiger charge is 2.34. The fraction of sp³-hybridized carbons (Fsp3) is 0.444. The van der Waals surface area contributed by atoms with Gasteiger partial charge in [-0.15, -0.1) is 10.2 Å². The van der Waals surface area contributed by atoms with Crippen molar-refractivity contribution in [3.8, 4) is 10.6 Å². The number of hydrogen-bond donors (Lipinski definition) is 2. The van der Waals surface area contributed by atoms with Crippen LogP contribution >= 0.6 is 11.3 Å². The minimum atomic E-state index is -0.509. The molecule has 144 valence electrons. The summed E-state index contributed by atoms with van der Waals surface area (Å²) < 4.78 is 13.0. The van der Waals surface area contributed by atoms with Crippen LogP contribution in [-0.4, -0.2) is 46.2 Å². The maximum absolute atomic E-state index is 13.0. The molecule has 0 aliphatic carbocycles. The zero-order valence-corrected chi connectivity index (χ0v) is 15.9. The number of nitrogens with zero attached hydrogens (tertiary/aromatic N) is 3. The maximum atomic E-state index is 13.0. The van der Waals surface area contributed by atoms with Crippen molar-refractivity contribution in [1.29, 1.82) is 0 Å². The highest BCUT2D eigenvalue weighted by Crippen LogP contribution is 2.27. The first-order valence-corrected chi connectivity index (χ1v) is 9.85. The van der Waals surface area contributed by atoms with Crippen LogP contribution in [0.3, 0.4) is 0 Å². The molecule has 9 heteroatoms. The summed E-state index contributed by atoms with van der Waals surface area (Å²) >= 11 is 1.21. The minimum absolute atomic E-state index is 0.203. The van der Waals surface area contributed by atoms with Crippen LogP contribution in [0.4, 0.5) is 14.3 Å². The average Bonchev–Trinajstić information content (AvgIpc) is 3.32. The lowest BCUT2D eigenvalue weighted by Gasteiger charge is -2.23. The molecule has 0 spiro atoms. The molecule has 1 aliphatic rings. The molecular weight excluding hydrogens is 369 g/mol. The molecule has 0 unspecified atom stereocenters. The van der Waals surface area contributed by atoms with Gasteiger partial charge < -0.3 is 10.2 Å². The van der Waals surface area contributed by atoms with E-state index in [1.807, 2.05) is 0 Å². The number of benzene rings is 1. The number of halogens is 1. The van der Waals surface area contributed by atoms with Gasteiger partial charge >= 0.3 is 6.03 Å². The molecule has 2 N–H and O–H groups in total. The smallest absolute Gasteiger partial charge is 0.318 e. The van der Waals surface area contributed by atoms with E-state index in [0.717, 1.165) is 24.8 Å². The van der Waals surface area contributed by atoms with Crippen molar-refractivity contribution in [2.45, 2.75) is 38.6 Å². The van der Waals surface area contributed by atoms with E-state index in [0.29, 0.717) is 29.6 Å². The van der Waals surface area contributed by atoms with Gasteiger partial charge in [0.05, 0.1) is 0 Å². The number of likely N-dealkylation sites (tertiary alicyclic amines) is 1. The molecule has 27 heavy (non-hydrogen) atoms. The number of anilines is 1. The Morgan fingerprint density at radius 1 is 1.30 bits per heavy atom. The Morgan fingerprint density at radius 2 is 2.07 bits per heavy atom. The number of urea groups is 1. The minimum Gasteiger partial charge on any atom is -0.338 e. The highest BCUT2D eigenvalue weighted by molar-refractivity contribution is 7.18. The summed E-state index contributed by atoms with van der Waals surface area (Å²) in [5, 5.41) is 14.6. The number of amides is 3. The maximum Gasteiger partial charge on any atom is 0.318 e. The molecule has 1 aromatic heterocycles. The molecule has 3 rings (SSSR count). The molecule has 2 heterocycles. The Bertz CT molecular complexity index is 795. The molecule has 0 bridgehead atoms. The summed E-state index contributed by atoms with van der Waals surface area (Å²) in [6.07, 6.45) is 3.32. The normalized spacial score (nSPS) is 16.4. The van der Waals surface area contributed by atoms with Gasteiger partial charge in [-0.1, -0.05) is 24.7 Å². The van der Waals surface area contributed by atoms with Crippen LogP contribution in [0, 0.1) is 5.82 Å². The van der Waals surface area contributed by atoms with Crippen LogP contribution in [-0.2, 0) is 4.79 Å². The van der Waals surface area contributed by atoms with Crippen LogP contribution < -0.4 is 10.6 Å². The van der Waals surface area contributed by atoms with Gasteiger partial charge in [0.15, 0.2) is 0 Å². The molecule has 1 fully saturated rings. The predicted octanol–water partition coefficient (Wildman–Crippen LogP) is 3.26. The molecule has 7 nitrogen and oxygen atoms in total. The van der Waals surface area contributed by atoms with Crippen molar-refractivity contribution < 1.29 is 14.0 Å². The number of carbonyl (C=O) groups excluding carboxylic acids is 2. The second kappa shape index (κ2) is 8.90. The Balaban J connectivity index is 1.61. The van der Waals surface area contributed by atoms with Crippen LogP contribution in [0.15, 0.2) is 24.3 Å². The number of rotatable bonds is 6. The van der Waals surface area contributed by atoms with Crippen molar-refractivity contribution in [3.05, 3.63) is 30.1 Å². The van der Waals surface area contributed by atoms with Gasteiger partial charge in [-0.05, 0) is 43.5 Å². The van der Waals surface area contributed by atoms with E-state index in [1.165, 1.54) is 23.5 Å². The summed E-state index contributed by atoms with van der Waals surface area (Å²) in [6.45, 7) is 3.23. The third-order valence-corrected chi connectivity index (χ3v) is 5.26. The topological polar surface area (TPSA) is 87.2 Å². The molecule has 3 amide bonds. The fourth-order valence-electron chi connectivity index (χ4n) is 2.93. The van der Waals surface area contributed by atoms with Gasteiger partial charge in [0, 0.05) is 18.7 Å². The first kappa shape index (κ1) is 19.2. The summed E-state index contributed by atoms with van der Waals surface area (Å²) in [6, 6.07) is 5.21. The van der Waals surface area contributed by atoms with E-state index in [9.17, 15) is 14.0 Å². The SMILES string of the molecule is CCCCNC(=O)N1CCC[C@@H]1C(=O)Nc1nnc(-c2ccc(F)cc2)s1. The third-order valence-electron chi connectivity index (χ3n) is 4.37. The molecular formula is C18H22FN5O2S. The van der Waals surface area contributed by atoms with Gasteiger partial charge in [0.25, 0.3) is 0 Å². The van der Waals surface area contributed by atoms with Crippen molar-refractivity contribution >= 4 is 28.4 Å². The predicted molar refractivity (Wildman–Crippen MR) is 102 cm³/mol. The Labute approximate surface area is 161 Å². The van der Waals surface area contributed by atoms with E-state index in [2.05, 4.69) is 27.8 Å². The second-order valence-electron chi connectivity index (χ2n) is 6.35. The van der Waals surface area contributed by atoms with Gasteiger partial charge in [-0.3, -0.25) is 10.1 Å². The number of unbranched alkanes of at least 4 members (excludes halogenated alkanes) is 1. The lowest BCUT2D eigenvalue weighted by atomic mass is 10.2. The Morgan fingerprint density at radius 3 is 2.81 bits per heavy atom. The summed E-state index contributed by atoms with van der Waals surface area (Å²) in [5.41, 5.74) is 0.729. The average molecular weight is 391 g/mol. The highest BCUT2D eigenvalue weighted by atomic mass is 32.1. The fourth-order valence-corrected chi connectivity index (χ4v) is 3.68. The number of hydrogen-bond acceptors (Lipinski definition) is 5. The molecule has 1 aliphatic heterocycles. The largest absolute Gasteiger partial charge is 0.338 e. The lowest BCUT2D eigenvalue weighted by Crippen LogP contribution is -2.47. The Hall–Kier alpha value is -2.55. The summed E-state index contributed by atoms with van der Waals surface area (Å²) in [7, 11) is 0. The van der Waals surface area contributed by atoms with Crippen LogP contribution in [0.1, 0.15) is 32.6 Å². The first-order valence-electron chi connectivity index (χ1n) is 9.03. The molecule has 1 saturated heterocycles. The number of nitrogens with one attached hydrogen (secondary N) is 2. The van der Waals surface area contributed by atoms with Gasteiger partial charge in [-0.2, -0.15) is 0 Å². The zero-order valence-electron chi connectivity index (χ0n) is 15.1. The molecule has 0 radical (unpaired) electrons. The standard InChI is InChI=1S/C18H22FN5O2S/c1-2-3-10-20-18(26)24-11-4-5-14(24)15(25)21-17-23-22-16(27-17)12-6-8-13(19)9-7-12/h6-9,14H,2-5,10-11H2,1H3,(H,20,26)(H,21,23,25)/t14-/m1/s1. The molecule has 0 saturated carbocycles. The zero-order chi connectivity index (χ0) is 19.2. The van der Waals surface area contributed by atoms with Crippen LogP contribution in [0.2, 0.25) is 0 Å². The van der Waals surface area contributed by atoms with Crippen molar-refractivity contribution in [3.63, 3.8) is 0 Å². The molecule has 1 atom stereocenters. The monoisotopic (exact) mass is 391 g/mol. The number of aromatic nitrogens is 2. The Kier molecular flexibility index (Phi) is 6.33. The van der Waals surface area contributed by atoms with E-state index >= 15 is 0 Å². The second-order valence-corrected chi connectivity index (χ2v) is 7.32. The van der Waals surface area contributed by atoms with E-state index < -0.39 is 6.04 Å². The van der Waals surface area contributed by atoms with E-state index in [4.69, 9.17) is 0 Å². The van der Waals surface area contributed by atoms with Crippen LogP contribution in [0.5, 0.6) is 0 Å². The van der Waals surface area contributed by atoms with Crippen molar-refractivity contribution in [1.82, 2.24) is 20.4 Å². The van der Waals surface area contributed by atoms with Gasteiger partial charge in [0.1, 0.15) is 16.9 Å². The van der Waals surface area contributed by atoms with Gasteiger partial charge in [-0.25, -0.2) is 9.18 Å². The summed E-state index contributed by atoms with van der Waals surface area (Å²) in [4.78, 5) is 26.5. The summed E-state index contributed by atoms with van der Waals surface area (Å²) in [5.74, 6) is -0.588. The number of carbonyl (C=O) groups is 2. The molecule has 2 aromatic rings. The van der Waals surface area contributed by atoms with Gasteiger partial charge in [0.2, 0.25) is 11.0 Å². The third kappa shape index (κ3) is 4.79. The van der Waals surface area contributed by atoms with E-state index in [1.54, 1.807) is 17.0 Å². The van der Waals surface area contributed by atoms with Crippen molar-refractivity contribution in [2.24, 2.45) is 0 Å². The van der Waals surface area contributed by atoms with E-state index in [-0.39, 0.29) is 17.8 Å². The van der Waals surface area contributed by atoms with Crippen molar-refractivity contribution in [2.75, 3.05) is 18.4 Å². The quantitative estimate of drug-likeness (QED) is 0.740.